The number of amides is 2. The van der Waals surface area contributed by atoms with Gasteiger partial charge in [-0.05, 0) is 36.2 Å². The molecule has 2 aromatic rings. The van der Waals surface area contributed by atoms with Gasteiger partial charge in [0.05, 0.1) is 23.3 Å². The van der Waals surface area contributed by atoms with Crippen LogP contribution in [0.5, 0.6) is 0 Å². The molecule has 2 heterocycles. The zero-order valence-corrected chi connectivity index (χ0v) is 18.9. The molecule has 2 aliphatic rings. The number of alkyl carbamates (subject to hydrolysis) is 1. The highest BCUT2D eigenvalue weighted by atomic mass is 19.4. The molecule has 194 valence electrons. The number of benzene rings is 2. The molecule has 2 fully saturated rings. The number of rotatable bonds is 5. The fourth-order valence-electron chi connectivity index (χ4n) is 4.40. The predicted molar refractivity (Wildman–Crippen MR) is 114 cm³/mol. The average molecular weight is 516 g/mol. The third-order valence-electron chi connectivity index (χ3n) is 6.24. The third-order valence-corrected chi connectivity index (χ3v) is 6.24. The number of cyclic esters (lactones) is 1. The van der Waals surface area contributed by atoms with Gasteiger partial charge >= 0.3 is 18.4 Å². The summed E-state index contributed by atoms with van der Waals surface area (Å²) in [6.45, 7) is 1.44. The first-order valence-corrected chi connectivity index (χ1v) is 11.0. The molecule has 4 rings (SSSR count). The second-order valence-electron chi connectivity index (χ2n) is 8.71. The average Bonchev–Trinajstić information content (AvgIpc) is 3.44. The number of ether oxygens (including phenoxy) is 2. The van der Waals surface area contributed by atoms with E-state index in [1.165, 1.54) is 11.8 Å². The normalized spacial score (nSPS) is 23.4. The Morgan fingerprint density at radius 2 is 1.64 bits per heavy atom. The van der Waals surface area contributed by atoms with Crippen LogP contribution in [0.1, 0.15) is 41.2 Å². The lowest BCUT2D eigenvalue weighted by atomic mass is 9.95. The van der Waals surface area contributed by atoms with E-state index in [2.05, 4.69) is 5.32 Å². The van der Waals surface area contributed by atoms with Crippen LogP contribution >= 0.6 is 0 Å². The smallest absolute Gasteiger partial charge is 0.416 e. The second kappa shape index (κ2) is 9.64. The molecule has 36 heavy (non-hydrogen) atoms. The minimum Gasteiger partial charge on any atom is -0.447 e. The number of nitrogens with zero attached hydrogens (tertiary/aromatic N) is 1. The molecule has 0 radical (unpaired) electrons. The molecule has 12 heteroatoms. The highest BCUT2D eigenvalue weighted by molar-refractivity contribution is 5.88. The summed E-state index contributed by atoms with van der Waals surface area (Å²) in [6.07, 6.45) is -12.6. The number of halogens is 6. The second-order valence-corrected chi connectivity index (χ2v) is 8.71. The van der Waals surface area contributed by atoms with E-state index in [-0.39, 0.29) is 31.3 Å². The van der Waals surface area contributed by atoms with Gasteiger partial charge in [-0.25, -0.2) is 4.79 Å². The molecule has 4 unspecified atom stereocenters. The lowest BCUT2D eigenvalue weighted by Crippen LogP contribution is -2.45. The van der Waals surface area contributed by atoms with Crippen molar-refractivity contribution >= 4 is 12.0 Å². The summed E-state index contributed by atoms with van der Waals surface area (Å²) in [5, 5.41) is 2.40. The molecule has 0 saturated carbocycles. The largest absolute Gasteiger partial charge is 0.447 e. The van der Waals surface area contributed by atoms with E-state index < -0.39 is 59.6 Å². The summed E-state index contributed by atoms with van der Waals surface area (Å²) in [7, 11) is 0. The molecular weight excluding hydrogens is 494 g/mol. The molecule has 0 aromatic heterocycles. The van der Waals surface area contributed by atoms with Crippen LogP contribution in [0.25, 0.3) is 0 Å². The van der Waals surface area contributed by atoms with Crippen LogP contribution in [0, 0.1) is 0 Å². The molecule has 6 nitrogen and oxygen atoms in total. The van der Waals surface area contributed by atoms with Crippen LogP contribution in [0.2, 0.25) is 0 Å². The summed E-state index contributed by atoms with van der Waals surface area (Å²) in [5.74, 6) is -0.817. The van der Waals surface area contributed by atoms with Gasteiger partial charge in [-0.1, -0.05) is 30.3 Å². The van der Waals surface area contributed by atoms with Gasteiger partial charge < -0.3 is 19.7 Å². The van der Waals surface area contributed by atoms with Gasteiger partial charge in [-0.3, -0.25) is 4.79 Å². The van der Waals surface area contributed by atoms with Crippen LogP contribution < -0.4 is 5.32 Å². The van der Waals surface area contributed by atoms with Crippen molar-refractivity contribution in [1.82, 2.24) is 10.2 Å². The van der Waals surface area contributed by atoms with Crippen molar-refractivity contribution in [2.45, 2.75) is 43.4 Å². The Bertz CT molecular complexity index is 1090. The summed E-state index contributed by atoms with van der Waals surface area (Å²) in [4.78, 5) is 25.7. The van der Waals surface area contributed by atoms with Crippen molar-refractivity contribution in [3.05, 3.63) is 70.8 Å². The zero-order chi connectivity index (χ0) is 26.3. The van der Waals surface area contributed by atoms with Crippen molar-refractivity contribution in [2.75, 3.05) is 19.7 Å². The topological polar surface area (TPSA) is 67.9 Å². The number of carbonyl (C=O) groups excluding carboxylic acids is 2. The molecule has 4 atom stereocenters. The Hall–Kier alpha value is -3.28. The number of likely N-dealkylation sites (tertiary alicyclic amines) is 1. The molecular formula is C24H22F6N2O4. The minimum absolute atomic E-state index is 0.0280. The van der Waals surface area contributed by atoms with Crippen molar-refractivity contribution in [2.24, 2.45) is 0 Å². The molecule has 2 saturated heterocycles. The lowest BCUT2D eigenvalue weighted by molar-refractivity contribution is -0.143. The van der Waals surface area contributed by atoms with E-state index in [0.29, 0.717) is 12.1 Å². The van der Waals surface area contributed by atoms with Gasteiger partial charge in [0.2, 0.25) is 5.91 Å². The number of nitrogens with one attached hydrogen (secondary N) is 1. The number of hydrogen-bond donors (Lipinski definition) is 1. The van der Waals surface area contributed by atoms with Crippen LogP contribution in [0.3, 0.4) is 0 Å². The van der Waals surface area contributed by atoms with Crippen LogP contribution in [0.15, 0.2) is 48.5 Å². The lowest BCUT2D eigenvalue weighted by Gasteiger charge is -2.25. The SMILES string of the molecule is CC(OC1CN(C(=O)C2COC(=O)N2)CC1c1ccccc1)c1cc(C(F)(F)F)cc(C(F)(F)F)c1. The number of carbonyl (C=O) groups is 2. The molecule has 2 amide bonds. The minimum atomic E-state index is -4.98. The fourth-order valence-corrected chi connectivity index (χ4v) is 4.40. The van der Waals surface area contributed by atoms with Gasteiger partial charge in [-0.15, -0.1) is 0 Å². The first-order valence-electron chi connectivity index (χ1n) is 11.0. The Balaban J connectivity index is 1.60. The molecule has 0 aliphatic carbocycles. The van der Waals surface area contributed by atoms with Crippen molar-refractivity contribution in [1.29, 1.82) is 0 Å². The highest BCUT2D eigenvalue weighted by Crippen LogP contribution is 2.39. The maximum absolute atomic E-state index is 13.3. The summed E-state index contributed by atoms with van der Waals surface area (Å²) >= 11 is 0. The van der Waals surface area contributed by atoms with Gasteiger partial charge in [0, 0.05) is 19.0 Å². The highest BCUT2D eigenvalue weighted by Gasteiger charge is 2.42. The molecule has 0 bridgehead atoms. The summed E-state index contributed by atoms with van der Waals surface area (Å²) < 4.78 is 90.7. The molecule has 0 spiro atoms. The van der Waals surface area contributed by atoms with Gasteiger partial charge in [-0.2, -0.15) is 26.3 Å². The van der Waals surface area contributed by atoms with E-state index in [4.69, 9.17) is 9.47 Å². The summed E-state index contributed by atoms with van der Waals surface area (Å²) in [5.41, 5.74) is -2.35. The van der Waals surface area contributed by atoms with Gasteiger partial charge in [0.25, 0.3) is 0 Å². The standard InChI is InChI=1S/C24H22F6N2O4/c1-13(15-7-16(23(25,26)27)9-17(8-15)24(28,29)30)36-20-11-32(21(33)19-12-35-22(34)31-19)10-18(20)14-5-3-2-4-6-14/h2-9,13,18-20H,10-12H2,1H3,(H,31,34). The maximum Gasteiger partial charge on any atom is 0.416 e. The van der Waals surface area contributed by atoms with E-state index in [9.17, 15) is 35.9 Å². The Morgan fingerprint density at radius 1 is 1.03 bits per heavy atom. The Labute approximate surface area is 202 Å². The maximum atomic E-state index is 13.3. The quantitative estimate of drug-likeness (QED) is 0.574. The van der Waals surface area contributed by atoms with Crippen molar-refractivity contribution < 1.29 is 45.4 Å². The van der Waals surface area contributed by atoms with Crippen molar-refractivity contribution in [3.63, 3.8) is 0 Å². The van der Waals surface area contributed by atoms with E-state index >= 15 is 0 Å². The molecule has 2 aromatic carbocycles. The predicted octanol–water partition coefficient (Wildman–Crippen LogP) is 4.90. The van der Waals surface area contributed by atoms with E-state index in [0.717, 1.165) is 5.56 Å². The van der Waals surface area contributed by atoms with Crippen LogP contribution in [-0.2, 0) is 26.6 Å². The molecule has 1 N–H and O–H groups in total. The van der Waals surface area contributed by atoms with Crippen LogP contribution in [-0.4, -0.2) is 48.7 Å². The third kappa shape index (κ3) is 5.58. The van der Waals surface area contributed by atoms with Crippen molar-refractivity contribution in [3.8, 4) is 0 Å². The number of hydrogen-bond acceptors (Lipinski definition) is 4. The summed E-state index contributed by atoms with van der Waals surface area (Å²) in [6, 6.07) is 9.38. The first kappa shape index (κ1) is 25.8. The van der Waals surface area contributed by atoms with E-state index in [1.54, 1.807) is 30.3 Å². The molecule has 2 aliphatic heterocycles. The van der Waals surface area contributed by atoms with Gasteiger partial charge in [0.1, 0.15) is 12.6 Å². The van der Waals surface area contributed by atoms with Gasteiger partial charge in [0.15, 0.2) is 0 Å². The number of alkyl halides is 6. The monoisotopic (exact) mass is 516 g/mol. The zero-order valence-electron chi connectivity index (χ0n) is 18.9. The fraction of sp³-hybridized carbons (Fsp3) is 0.417. The Kier molecular flexibility index (Phi) is 6.91. The first-order chi connectivity index (χ1) is 16.8. The van der Waals surface area contributed by atoms with E-state index in [1.807, 2.05) is 0 Å². The Morgan fingerprint density at radius 3 is 2.17 bits per heavy atom. The van der Waals surface area contributed by atoms with Crippen LogP contribution in [0.4, 0.5) is 31.1 Å².